The molecular weight excluding hydrogens is 174 g/mol. The van der Waals surface area contributed by atoms with Gasteiger partial charge in [-0.2, -0.15) is 0 Å². The van der Waals surface area contributed by atoms with Crippen LogP contribution in [0.4, 0.5) is 0 Å². The topological polar surface area (TPSA) is 21.3 Å². The molecule has 0 aromatic rings. The molecule has 2 unspecified atom stereocenters. The van der Waals surface area contributed by atoms with Gasteiger partial charge in [-0.25, -0.2) is 0 Å². The number of methoxy groups -OCH3 is 1. The second-order valence-corrected chi connectivity index (χ2v) is 4.51. The van der Waals surface area contributed by atoms with E-state index < -0.39 is 0 Å². The summed E-state index contributed by atoms with van der Waals surface area (Å²) in [5.74, 6) is 0.970. The molecule has 1 saturated carbocycles. The molecule has 0 bridgehead atoms. The van der Waals surface area contributed by atoms with Gasteiger partial charge < -0.3 is 10.1 Å². The minimum absolute atomic E-state index is 0.788. The Morgan fingerprint density at radius 2 is 2.14 bits per heavy atom. The second-order valence-electron chi connectivity index (χ2n) is 4.51. The van der Waals surface area contributed by atoms with Crippen molar-refractivity contribution in [1.82, 2.24) is 5.32 Å². The zero-order valence-electron chi connectivity index (χ0n) is 9.72. The van der Waals surface area contributed by atoms with Crippen LogP contribution in [0.1, 0.15) is 44.9 Å². The van der Waals surface area contributed by atoms with E-state index in [4.69, 9.17) is 4.74 Å². The molecule has 1 rings (SSSR count). The molecule has 1 fully saturated rings. The third kappa shape index (κ3) is 4.43. The normalized spacial score (nSPS) is 27.9. The molecule has 14 heavy (non-hydrogen) atoms. The summed E-state index contributed by atoms with van der Waals surface area (Å²) in [5.41, 5.74) is 0. The van der Waals surface area contributed by atoms with E-state index >= 15 is 0 Å². The lowest BCUT2D eigenvalue weighted by molar-refractivity contribution is 0.186. The molecule has 0 radical (unpaired) electrons. The average molecular weight is 199 g/mol. The van der Waals surface area contributed by atoms with E-state index in [-0.39, 0.29) is 0 Å². The SMILES string of the molecule is CNC1CCCC(CCCCOC)C1. The van der Waals surface area contributed by atoms with Gasteiger partial charge in [0.25, 0.3) is 0 Å². The third-order valence-electron chi connectivity index (χ3n) is 3.40. The first kappa shape index (κ1) is 12.0. The van der Waals surface area contributed by atoms with Gasteiger partial charge in [-0.1, -0.05) is 25.7 Å². The summed E-state index contributed by atoms with van der Waals surface area (Å²) in [5, 5.41) is 3.41. The Morgan fingerprint density at radius 3 is 2.86 bits per heavy atom. The van der Waals surface area contributed by atoms with Gasteiger partial charge in [0.05, 0.1) is 0 Å². The summed E-state index contributed by atoms with van der Waals surface area (Å²) in [6, 6.07) is 0.788. The molecule has 0 aromatic heterocycles. The molecule has 84 valence electrons. The van der Waals surface area contributed by atoms with Crippen molar-refractivity contribution in [3.05, 3.63) is 0 Å². The Bertz CT molecular complexity index is 138. The smallest absolute Gasteiger partial charge is 0.0462 e. The molecule has 0 spiro atoms. The Morgan fingerprint density at radius 1 is 1.29 bits per heavy atom. The molecule has 1 N–H and O–H groups in total. The predicted molar refractivity (Wildman–Crippen MR) is 60.5 cm³/mol. The van der Waals surface area contributed by atoms with Crippen LogP contribution in [0.2, 0.25) is 0 Å². The van der Waals surface area contributed by atoms with Crippen molar-refractivity contribution >= 4 is 0 Å². The Balaban J connectivity index is 2.05. The maximum atomic E-state index is 5.06. The van der Waals surface area contributed by atoms with Gasteiger partial charge in [0.2, 0.25) is 0 Å². The maximum Gasteiger partial charge on any atom is 0.0462 e. The first-order valence-electron chi connectivity index (χ1n) is 6.03. The van der Waals surface area contributed by atoms with Gasteiger partial charge in [0.15, 0.2) is 0 Å². The van der Waals surface area contributed by atoms with Crippen LogP contribution in [-0.4, -0.2) is 26.8 Å². The Kier molecular flexibility index (Phi) is 6.20. The highest BCUT2D eigenvalue weighted by Crippen LogP contribution is 2.27. The molecule has 0 aliphatic heterocycles. The number of hydrogen-bond donors (Lipinski definition) is 1. The van der Waals surface area contributed by atoms with Gasteiger partial charge in [-0.3, -0.25) is 0 Å². The zero-order chi connectivity index (χ0) is 10.2. The number of unbranched alkanes of at least 4 members (excludes halogenated alkanes) is 1. The summed E-state index contributed by atoms with van der Waals surface area (Å²) >= 11 is 0. The molecule has 1 aliphatic carbocycles. The maximum absolute atomic E-state index is 5.06. The Hall–Kier alpha value is -0.0800. The van der Waals surface area contributed by atoms with Crippen LogP contribution in [-0.2, 0) is 4.74 Å². The monoisotopic (exact) mass is 199 g/mol. The first-order chi connectivity index (χ1) is 6.86. The standard InChI is InChI=1S/C12H25NO/c1-13-12-8-5-7-11(10-12)6-3-4-9-14-2/h11-13H,3-10H2,1-2H3. The van der Waals surface area contributed by atoms with Crippen LogP contribution in [0.5, 0.6) is 0 Å². The molecule has 0 aromatic carbocycles. The number of nitrogens with one attached hydrogen (secondary N) is 1. The molecule has 0 amide bonds. The van der Waals surface area contributed by atoms with Crippen molar-refractivity contribution < 1.29 is 4.74 Å². The molecule has 0 saturated heterocycles. The lowest BCUT2D eigenvalue weighted by Gasteiger charge is -2.28. The summed E-state index contributed by atoms with van der Waals surface area (Å²) in [4.78, 5) is 0. The van der Waals surface area contributed by atoms with E-state index in [2.05, 4.69) is 12.4 Å². The summed E-state index contributed by atoms with van der Waals surface area (Å²) < 4.78 is 5.06. The van der Waals surface area contributed by atoms with Gasteiger partial charge >= 0.3 is 0 Å². The predicted octanol–water partition coefficient (Wildman–Crippen LogP) is 2.58. The highest BCUT2D eigenvalue weighted by molar-refractivity contribution is 4.76. The minimum Gasteiger partial charge on any atom is -0.385 e. The summed E-state index contributed by atoms with van der Waals surface area (Å²) in [7, 11) is 3.88. The lowest BCUT2D eigenvalue weighted by Crippen LogP contribution is -2.31. The molecule has 0 heterocycles. The van der Waals surface area contributed by atoms with Crippen LogP contribution in [0.25, 0.3) is 0 Å². The van der Waals surface area contributed by atoms with Crippen molar-refractivity contribution in [1.29, 1.82) is 0 Å². The highest BCUT2D eigenvalue weighted by Gasteiger charge is 2.19. The largest absolute Gasteiger partial charge is 0.385 e. The second kappa shape index (κ2) is 7.24. The van der Waals surface area contributed by atoms with Crippen molar-refractivity contribution in [2.24, 2.45) is 5.92 Å². The van der Waals surface area contributed by atoms with Gasteiger partial charge in [0.1, 0.15) is 0 Å². The molecule has 2 atom stereocenters. The fourth-order valence-electron chi connectivity index (χ4n) is 2.49. The minimum atomic E-state index is 0.788. The van der Waals surface area contributed by atoms with Crippen LogP contribution in [0.15, 0.2) is 0 Å². The van der Waals surface area contributed by atoms with E-state index in [1.807, 2.05) is 0 Å². The number of ether oxygens (including phenoxy) is 1. The van der Waals surface area contributed by atoms with Crippen LogP contribution >= 0.6 is 0 Å². The first-order valence-corrected chi connectivity index (χ1v) is 6.03. The third-order valence-corrected chi connectivity index (χ3v) is 3.40. The van der Waals surface area contributed by atoms with Gasteiger partial charge in [-0.05, 0) is 32.2 Å². The quantitative estimate of drug-likeness (QED) is 0.664. The lowest BCUT2D eigenvalue weighted by atomic mass is 9.83. The van der Waals surface area contributed by atoms with E-state index in [1.54, 1.807) is 7.11 Å². The van der Waals surface area contributed by atoms with Crippen LogP contribution in [0.3, 0.4) is 0 Å². The van der Waals surface area contributed by atoms with E-state index in [9.17, 15) is 0 Å². The zero-order valence-corrected chi connectivity index (χ0v) is 9.72. The summed E-state index contributed by atoms with van der Waals surface area (Å²) in [6.07, 6.45) is 9.62. The fraction of sp³-hybridized carbons (Fsp3) is 1.00. The van der Waals surface area contributed by atoms with E-state index in [1.165, 1.54) is 44.9 Å². The summed E-state index contributed by atoms with van der Waals surface area (Å²) in [6.45, 7) is 0.933. The average Bonchev–Trinajstić information content (AvgIpc) is 2.25. The molecule has 1 aliphatic rings. The Labute approximate surface area is 88.4 Å². The van der Waals surface area contributed by atoms with Crippen molar-refractivity contribution in [2.45, 2.75) is 51.0 Å². The van der Waals surface area contributed by atoms with Gasteiger partial charge in [-0.15, -0.1) is 0 Å². The highest BCUT2D eigenvalue weighted by atomic mass is 16.5. The van der Waals surface area contributed by atoms with Gasteiger partial charge in [0, 0.05) is 19.8 Å². The number of rotatable bonds is 6. The van der Waals surface area contributed by atoms with E-state index in [0.717, 1.165) is 18.6 Å². The van der Waals surface area contributed by atoms with Crippen molar-refractivity contribution in [2.75, 3.05) is 20.8 Å². The van der Waals surface area contributed by atoms with Crippen molar-refractivity contribution in [3.63, 3.8) is 0 Å². The number of hydrogen-bond acceptors (Lipinski definition) is 2. The fourth-order valence-corrected chi connectivity index (χ4v) is 2.49. The molecular formula is C12H25NO. The van der Waals surface area contributed by atoms with Crippen LogP contribution in [0, 0.1) is 5.92 Å². The molecule has 2 nitrogen and oxygen atoms in total. The van der Waals surface area contributed by atoms with E-state index in [0.29, 0.717) is 0 Å². The molecule has 2 heteroatoms. The van der Waals surface area contributed by atoms with Crippen molar-refractivity contribution in [3.8, 4) is 0 Å². The van der Waals surface area contributed by atoms with Crippen LogP contribution < -0.4 is 5.32 Å².